The molecule has 1 aliphatic heterocycles. The van der Waals surface area contributed by atoms with Crippen molar-refractivity contribution in [2.24, 2.45) is 0 Å². The molecule has 24 heavy (non-hydrogen) atoms. The van der Waals surface area contributed by atoms with Gasteiger partial charge in [-0.05, 0) is 63.3 Å². The number of hydrogen-bond donors (Lipinski definition) is 2. The Morgan fingerprint density at radius 1 is 1.21 bits per heavy atom. The summed E-state index contributed by atoms with van der Waals surface area (Å²) < 4.78 is 0. The van der Waals surface area contributed by atoms with Gasteiger partial charge in [-0.25, -0.2) is 4.79 Å². The number of carbonyl (C=O) groups excluding carboxylic acids is 1. The molecule has 1 atom stereocenters. The number of anilines is 3. The first-order valence-corrected chi connectivity index (χ1v) is 9.10. The van der Waals surface area contributed by atoms with Gasteiger partial charge in [0.2, 0.25) is 10.3 Å². The Labute approximate surface area is 146 Å². The highest BCUT2D eigenvalue weighted by Gasteiger charge is 2.22. The normalized spacial score (nSPS) is 17.6. The number of benzene rings is 1. The molecule has 0 spiro atoms. The summed E-state index contributed by atoms with van der Waals surface area (Å²) >= 11 is 1.42. The van der Waals surface area contributed by atoms with Crippen molar-refractivity contribution >= 4 is 33.3 Å². The van der Waals surface area contributed by atoms with Crippen LogP contribution >= 0.6 is 11.3 Å². The average molecular weight is 345 g/mol. The zero-order chi connectivity index (χ0) is 17.1. The molecule has 2 amide bonds. The highest BCUT2D eigenvalue weighted by Crippen LogP contribution is 2.29. The SMILES string of the molecule is Cc1ccc(NC(=O)Nc2nnc(N3CCCCC3C)s2)cc1C. The molecule has 6 nitrogen and oxygen atoms in total. The average Bonchev–Trinajstić information content (AvgIpc) is 2.99. The van der Waals surface area contributed by atoms with Crippen LogP contribution < -0.4 is 15.5 Å². The van der Waals surface area contributed by atoms with Crippen LogP contribution in [-0.2, 0) is 0 Å². The molecular formula is C17H23N5OS. The first kappa shape index (κ1) is 16.7. The van der Waals surface area contributed by atoms with Gasteiger partial charge in [0.05, 0.1) is 0 Å². The zero-order valence-corrected chi connectivity index (χ0v) is 15.1. The van der Waals surface area contributed by atoms with E-state index in [2.05, 4.69) is 32.7 Å². The van der Waals surface area contributed by atoms with Gasteiger partial charge in [0.25, 0.3) is 0 Å². The second-order valence-corrected chi connectivity index (χ2v) is 7.26. The number of piperidine rings is 1. The maximum Gasteiger partial charge on any atom is 0.325 e. The first-order chi connectivity index (χ1) is 11.5. The lowest BCUT2D eigenvalue weighted by Gasteiger charge is -2.32. The molecular weight excluding hydrogens is 322 g/mol. The Morgan fingerprint density at radius 3 is 2.79 bits per heavy atom. The van der Waals surface area contributed by atoms with Gasteiger partial charge in [0.15, 0.2) is 0 Å². The standard InChI is InChI=1S/C17H23N5OS/c1-11-7-8-14(10-12(11)2)18-15(23)19-16-20-21-17(24-16)22-9-5-4-6-13(22)3/h7-8,10,13H,4-6,9H2,1-3H3,(H2,18,19,20,23). The Bertz CT molecular complexity index is 730. The van der Waals surface area contributed by atoms with E-state index in [0.29, 0.717) is 11.2 Å². The summed E-state index contributed by atoms with van der Waals surface area (Å²) in [5, 5.41) is 15.3. The van der Waals surface area contributed by atoms with Crippen LogP contribution in [0.5, 0.6) is 0 Å². The number of hydrogen-bond acceptors (Lipinski definition) is 5. The second-order valence-electron chi connectivity index (χ2n) is 6.31. The molecule has 2 aromatic rings. The lowest BCUT2D eigenvalue weighted by molar-refractivity contribution is 0.262. The quantitative estimate of drug-likeness (QED) is 0.875. The van der Waals surface area contributed by atoms with Crippen LogP contribution in [0.3, 0.4) is 0 Å². The van der Waals surface area contributed by atoms with Gasteiger partial charge in [-0.2, -0.15) is 0 Å². The number of amides is 2. The lowest BCUT2D eigenvalue weighted by atomic mass is 10.1. The third-order valence-electron chi connectivity index (χ3n) is 4.45. The summed E-state index contributed by atoms with van der Waals surface area (Å²) in [5.74, 6) is 0. The molecule has 0 aliphatic carbocycles. The van der Waals surface area contributed by atoms with Crippen molar-refractivity contribution in [3.63, 3.8) is 0 Å². The van der Waals surface area contributed by atoms with Crippen molar-refractivity contribution in [3.05, 3.63) is 29.3 Å². The van der Waals surface area contributed by atoms with Crippen LogP contribution in [0, 0.1) is 13.8 Å². The van der Waals surface area contributed by atoms with Gasteiger partial charge in [-0.3, -0.25) is 5.32 Å². The number of carbonyl (C=O) groups is 1. The Balaban J connectivity index is 1.61. The molecule has 2 N–H and O–H groups in total. The van der Waals surface area contributed by atoms with E-state index >= 15 is 0 Å². The fourth-order valence-corrected chi connectivity index (χ4v) is 3.71. The minimum atomic E-state index is -0.298. The van der Waals surface area contributed by atoms with Crippen molar-refractivity contribution in [2.75, 3.05) is 22.1 Å². The van der Waals surface area contributed by atoms with Gasteiger partial charge in [0.1, 0.15) is 0 Å². The molecule has 3 rings (SSSR count). The molecule has 7 heteroatoms. The molecule has 1 unspecified atom stereocenters. The maximum absolute atomic E-state index is 12.1. The van der Waals surface area contributed by atoms with E-state index in [1.165, 1.54) is 36.2 Å². The number of aryl methyl sites for hydroxylation is 2. The monoisotopic (exact) mass is 345 g/mol. The number of urea groups is 1. The molecule has 128 valence electrons. The summed E-state index contributed by atoms with van der Waals surface area (Å²) in [6.45, 7) is 7.28. The number of aromatic nitrogens is 2. The zero-order valence-electron chi connectivity index (χ0n) is 14.3. The van der Waals surface area contributed by atoms with E-state index in [1.807, 2.05) is 32.0 Å². The molecule has 1 aromatic carbocycles. The van der Waals surface area contributed by atoms with Crippen molar-refractivity contribution in [1.82, 2.24) is 10.2 Å². The highest BCUT2D eigenvalue weighted by atomic mass is 32.1. The molecule has 0 radical (unpaired) electrons. The lowest BCUT2D eigenvalue weighted by Crippen LogP contribution is -2.37. The fourth-order valence-electron chi connectivity index (χ4n) is 2.84. The Hall–Kier alpha value is -2.15. The van der Waals surface area contributed by atoms with E-state index in [-0.39, 0.29) is 6.03 Å². The predicted octanol–water partition coefficient (Wildman–Crippen LogP) is 4.18. The van der Waals surface area contributed by atoms with Crippen LogP contribution in [0.1, 0.15) is 37.3 Å². The number of rotatable bonds is 3. The van der Waals surface area contributed by atoms with Gasteiger partial charge in [-0.15, -0.1) is 10.2 Å². The van der Waals surface area contributed by atoms with E-state index in [9.17, 15) is 4.79 Å². The van der Waals surface area contributed by atoms with Gasteiger partial charge >= 0.3 is 6.03 Å². The third-order valence-corrected chi connectivity index (χ3v) is 5.32. The Morgan fingerprint density at radius 2 is 2.04 bits per heavy atom. The number of nitrogens with zero attached hydrogens (tertiary/aromatic N) is 3. The second kappa shape index (κ2) is 7.17. The summed E-state index contributed by atoms with van der Waals surface area (Å²) in [5.41, 5.74) is 3.11. The summed E-state index contributed by atoms with van der Waals surface area (Å²) in [7, 11) is 0. The molecule has 0 bridgehead atoms. The van der Waals surface area contributed by atoms with Crippen molar-refractivity contribution in [3.8, 4) is 0 Å². The minimum absolute atomic E-state index is 0.298. The molecule has 2 heterocycles. The van der Waals surface area contributed by atoms with Crippen LogP contribution in [0.25, 0.3) is 0 Å². The third kappa shape index (κ3) is 3.84. The van der Waals surface area contributed by atoms with E-state index in [1.54, 1.807) is 0 Å². The summed E-state index contributed by atoms with van der Waals surface area (Å²) in [6, 6.07) is 6.02. The van der Waals surface area contributed by atoms with E-state index in [4.69, 9.17) is 0 Å². The smallest absolute Gasteiger partial charge is 0.325 e. The number of nitrogens with one attached hydrogen (secondary N) is 2. The topological polar surface area (TPSA) is 70.1 Å². The highest BCUT2D eigenvalue weighted by molar-refractivity contribution is 7.19. The molecule has 1 fully saturated rings. The summed E-state index contributed by atoms with van der Waals surface area (Å²) in [6.07, 6.45) is 3.62. The van der Waals surface area contributed by atoms with Gasteiger partial charge in [0, 0.05) is 18.3 Å². The fraction of sp³-hybridized carbons (Fsp3) is 0.471. The van der Waals surface area contributed by atoms with Gasteiger partial charge < -0.3 is 10.2 Å². The summed E-state index contributed by atoms with van der Waals surface area (Å²) in [4.78, 5) is 14.4. The van der Waals surface area contributed by atoms with E-state index in [0.717, 1.165) is 22.9 Å². The largest absolute Gasteiger partial charge is 0.344 e. The predicted molar refractivity (Wildman–Crippen MR) is 99.1 cm³/mol. The first-order valence-electron chi connectivity index (χ1n) is 8.28. The molecule has 0 saturated carbocycles. The molecule has 1 aromatic heterocycles. The van der Waals surface area contributed by atoms with Gasteiger partial charge in [-0.1, -0.05) is 17.4 Å². The van der Waals surface area contributed by atoms with Crippen LogP contribution in [0.4, 0.5) is 20.7 Å². The minimum Gasteiger partial charge on any atom is -0.344 e. The molecule has 1 saturated heterocycles. The molecule has 1 aliphatic rings. The maximum atomic E-state index is 12.1. The Kier molecular flexibility index (Phi) is 4.99. The van der Waals surface area contributed by atoms with Crippen LogP contribution in [0.15, 0.2) is 18.2 Å². The van der Waals surface area contributed by atoms with Crippen LogP contribution in [-0.4, -0.2) is 28.8 Å². The van der Waals surface area contributed by atoms with Crippen molar-refractivity contribution in [1.29, 1.82) is 0 Å². The van der Waals surface area contributed by atoms with E-state index < -0.39 is 0 Å². The van der Waals surface area contributed by atoms with Crippen molar-refractivity contribution in [2.45, 2.75) is 46.1 Å². The van der Waals surface area contributed by atoms with Crippen LogP contribution in [0.2, 0.25) is 0 Å². The van der Waals surface area contributed by atoms with Crippen molar-refractivity contribution < 1.29 is 4.79 Å².